The van der Waals surface area contributed by atoms with Gasteiger partial charge in [0.1, 0.15) is 6.04 Å². The molecule has 3 aliphatic rings. The molecule has 3 rings (SSSR count). The third-order valence-corrected chi connectivity index (χ3v) is 10.5. The molecule has 4 unspecified atom stereocenters. The number of carbonyl (C=O) groups excluding carboxylic acids is 3. The normalized spacial score (nSPS) is 24.2. The summed E-state index contributed by atoms with van der Waals surface area (Å²) in [7, 11) is 0. The Kier molecular flexibility index (Phi) is 13.2. The molecule has 0 radical (unpaired) electrons. The number of fused-ring (bicyclic) bond motifs is 1. The molecule has 3 fully saturated rings. The van der Waals surface area contributed by atoms with Crippen LogP contribution < -0.4 is 21.7 Å². The van der Waals surface area contributed by atoms with Crippen LogP contribution in [-0.4, -0.2) is 53.0 Å². The van der Waals surface area contributed by atoms with E-state index in [0.29, 0.717) is 30.3 Å². The number of hydrogen-bond acceptors (Lipinski definition) is 4. The minimum absolute atomic E-state index is 0.0578. The highest BCUT2D eigenvalue weighted by atomic mass is 16.2. The number of nitrogens with zero attached hydrogens (tertiary/aromatic N) is 1. The molecular formula is C39H63N5O3. The third-order valence-electron chi connectivity index (χ3n) is 10.5. The zero-order chi connectivity index (χ0) is 35.1. The summed E-state index contributed by atoms with van der Waals surface area (Å²) in [5.74, 6) is 0.676. The Morgan fingerprint density at radius 1 is 1.02 bits per heavy atom. The molecule has 1 heterocycles. The van der Waals surface area contributed by atoms with E-state index in [4.69, 9.17) is 5.73 Å². The second kappa shape index (κ2) is 16.2. The number of primary amides is 1. The maximum atomic E-state index is 13.9. The van der Waals surface area contributed by atoms with Crippen LogP contribution in [0.3, 0.4) is 0 Å². The lowest BCUT2D eigenvalue weighted by Gasteiger charge is -2.45. The number of allylic oxidation sites excluding steroid dienone is 5. The fourth-order valence-electron chi connectivity index (χ4n) is 7.87. The van der Waals surface area contributed by atoms with Crippen molar-refractivity contribution < 1.29 is 14.4 Å². The maximum Gasteiger partial charge on any atom is 0.315 e. The van der Waals surface area contributed by atoms with Gasteiger partial charge < -0.3 is 26.6 Å². The number of hydrogen-bond donors (Lipinski definition) is 4. The van der Waals surface area contributed by atoms with Crippen molar-refractivity contribution in [2.24, 2.45) is 34.8 Å². The molecule has 6 atom stereocenters. The molecule has 5 N–H and O–H groups in total. The molecule has 1 saturated heterocycles. The second-order valence-electron chi connectivity index (χ2n) is 16.1. The van der Waals surface area contributed by atoms with Crippen molar-refractivity contribution in [3.05, 3.63) is 60.9 Å². The second-order valence-corrected chi connectivity index (χ2v) is 16.1. The van der Waals surface area contributed by atoms with E-state index in [1.54, 1.807) is 6.08 Å². The number of piperidine rings is 1. The van der Waals surface area contributed by atoms with Crippen LogP contribution in [0.1, 0.15) is 106 Å². The van der Waals surface area contributed by atoms with E-state index < -0.39 is 5.91 Å². The van der Waals surface area contributed by atoms with Gasteiger partial charge in [0, 0.05) is 29.4 Å². The van der Waals surface area contributed by atoms with E-state index in [0.717, 1.165) is 50.8 Å². The molecule has 2 saturated carbocycles. The number of amides is 4. The van der Waals surface area contributed by atoms with Crippen LogP contribution in [0.4, 0.5) is 4.79 Å². The first-order chi connectivity index (χ1) is 22.0. The molecular weight excluding hydrogens is 586 g/mol. The molecule has 0 spiro atoms. The Morgan fingerprint density at radius 2 is 1.68 bits per heavy atom. The zero-order valence-corrected chi connectivity index (χ0v) is 30.3. The first-order valence-electron chi connectivity index (χ1n) is 17.8. The van der Waals surface area contributed by atoms with Gasteiger partial charge in [-0.3, -0.25) is 9.59 Å². The van der Waals surface area contributed by atoms with Crippen LogP contribution in [0.15, 0.2) is 60.9 Å². The minimum Gasteiger partial charge on any atom is -0.366 e. The highest BCUT2D eigenvalue weighted by Gasteiger charge is 2.57. The van der Waals surface area contributed by atoms with Gasteiger partial charge >= 0.3 is 6.03 Å². The van der Waals surface area contributed by atoms with Gasteiger partial charge in [-0.1, -0.05) is 110 Å². The highest BCUT2D eigenvalue weighted by Crippen LogP contribution is 2.51. The summed E-state index contributed by atoms with van der Waals surface area (Å²) in [6.45, 7) is 27.7. The average Bonchev–Trinajstić information content (AvgIpc) is 3.63. The largest absolute Gasteiger partial charge is 0.366 e. The van der Waals surface area contributed by atoms with Gasteiger partial charge in [0.2, 0.25) is 11.8 Å². The van der Waals surface area contributed by atoms with Crippen LogP contribution in [-0.2, 0) is 9.59 Å². The maximum absolute atomic E-state index is 13.9. The smallest absolute Gasteiger partial charge is 0.315 e. The van der Waals surface area contributed by atoms with Gasteiger partial charge in [-0.2, -0.15) is 0 Å². The predicted molar refractivity (Wildman–Crippen MR) is 193 cm³/mol. The van der Waals surface area contributed by atoms with Gasteiger partial charge in [0.15, 0.2) is 0 Å². The molecule has 8 heteroatoms. The van der Waals surface area contributed by atoms with E-state index in [1.807, 2.05) is 12.2 Å². The van der Waals surface area contributed by atoms with Crippen LogP contribution in [0.25, 0.3) is 0 Å². The number of nitrogens with one attached hydrogen (secondary N) is 3. The summed E-state index contributed by atoms with van der Waals surface area (Å²) in [6, 6.07) is -1.16. The monoisotopic (exact) mass is 649 g/mol. The lowest BCUT2D eigenvalue weighted by molar-refractivity contribution is -0.126. The van der Waals surface area contributed by atoms with Crippen molar-refractivity contribution in [1.82, 2.24) is 20.9 Å². The van der Waals surface area contributed by atoms with Crippen LogP contribution in [0.5, 0.6) is 0 Å². The molecule has 47 heavy (non-hydrogen) atoms. The summed E-state index contributed by atoms with van der Waals surface area (Å²) in [4.78, 5) is 41.7. The van der Waals surface area contributed by atoms with Crippen molar-refractivity contribution in [3.8, 4) is 0 Å². The van der Waals surface area contributed by atoms with Gasteiger partial charge in [-0.05, 0) is 74.5 Å². The van der Waals surface area contributed by atoms with Gasteiger partial charge in [-0.15, -0.1) is 0 Å². The minimum atomic E-state index is -0.542. The molecule has 0 aromatic rings. The summed E-state index contributed by atoms with van der Waals surface area (Å²) in [5, 5.41) is 10.0. The average molecular weight is 650 g/mol. The van der Waals surface area contributed by atoms with Crippen molar-refractivity contribution in [2.75, 3.05) is 6.54 Å². The summed E-state index contributed by atoms with van der Waals surface area (Å²) < 4.78 is 0. The Morgan fingerprint density at radius 3 is 2.26 bits per heavy atom. The van der Waals surface area contributed by atoms with E-state index in [-0.39, 0.29) is 52.9 Å². The Bertz CT molecular complexity index is 1240. The van der Waals surface area contributed by atoms with Crippen molar-refractivity contribution in [3.63, 3.8) is 0 Å². The van der Waals surface area contributed by atoms with Gasteiger partial charge in [-0.25, -0.2) is 4.79 Å². The Balaban J connectivity index is 1.77. The quantitative estimate of drug-likeness (QED) is 0.107. The van der Waals surface area contributed by atoms with Crippen molar-refractivity contribution in [2.45, 2.75) is 130 Å². The lowest BCUT2D eigenvalue weighted by Crippen LogP contribution is -2.61. The van der Waals surface area contributed by atoms with E-state index in [1.165, 1.54) is 12.0 Å². The van der Waals surface area contributed by atoms with Crippen LogP contribution in [0, 0.1) is 29.1 Å². The van der Waals surface area contributed by atoms with Gasteiger partial charge in [0.05, 0.1) is 6.04 Å². The number of urea groups is 1. The van der Waals surface area contributed by atoms with Crippen molar-refractivity contribution in [1.29, 1.82) is 0 Å². The topological polar surface area (TPSA) is 117 Å². The summed E-state index contributed by atoms with van der Waals surface area (Å²) in [5.41, 5.74) is 7.20. The Hall–Kier alpha value is -3.29. The van der Waals surface area contributed by atoms with E-state index >= 15 is 0 Å². The van der Waals surface area contributed by atoms with Crippen LogP contribution in [0.2, 0.25) is 0 Å². The molecule has 0 aromatic heterocycles. The standard InChI is InChI=1S/C39H63N5O3/c1-11-12-14-17-26(4)21-28(6)39(18-15-13-16-19-39)43-37(47)42-34(38(8,9)10)29(7)44-24-30-23-32(30)33(44)36(46)41-31(20-25(2)3)22-27(5)35(40)45/h11-12,14,17,25,28,30-34H,1,5,7,13,15-16,18-24H2,2-4,6,8-10H3,(H2,40,45)(H,41,46)(H2,42,43,47)/b14-12-,26-17+/t28?,30-,31?,32-,33?,34?/m0/s1. The fourth-order valence-corrected chi connectivity index (χ4v) is 7.87. The number of nitrogens with two attached hydrogens (primary N) is 1. The first-order valence-corrected chi connectivity index (χ1v) is 17.8. The summed E-state index contributed by atoms with van der Waals surface area (Å²) in [6.07, 6.45) is 16.1. The van der Waals surface area contributed by atoms with Crippen LogP contribution >= 0.6 is 0 Å². The molecule has 2 aliphatic carbocycles. The molecule has 4 amide bonds. The number of carbonyl (C=O) groups is 3. The predicted octanol–water partition coefficient (Wildman–Crippen LogP) is 6.91. The van der Waals surface area contributed by atoms with E-state index in [2.05, 4.69) is 95.1 Å². The molecule has 262 valence electrons. The number of likely N-dealkylation sites (tertiary alicyclic amines) is 1. The molecule has 0 bridgehead atoms. The van der Waals surface area contributed by atoms with Gasteiger partial charge in [0.25, 0.3) is 0 Å². The molecule has 1 aliphatic heterocycles. The number of rotatable bonds is 16. The van der Waals surface area contributed by atoms with Crippen molar-refractivity contribution >= 4 is 17.8 Å². The molecule has 0 aromatic carbocycles. The first kappa shape index (κ1) is 38.2. The summed E-state index contributed by atoms with van der Waals surface area (Å²) >= 11 is 0. The zero-order valence-electron chi connectivity index (χ0n) is 30.3. The lowest BCUT2D eigenvalue weighted by atomic mass is 9.71. The fraction of sp³-hybridized carbons (Fsp3) is 0.667. The highest BCUT2D eigenvalue weighted by molar-refractivity contribution is 5.91. The third kappa shape index (κ3) is 10.3. The molecule has 8 nitrogen and oxygen atoms in total. The van der Waals surface area contributed by atoms with E-state index in [9.17, 15) is 14.4 Å². The Labute approximate surface area is 284 Å². The SMILES string of the molecule is C=C/C=C\C=C(/C)CC(C)C1(NC(=O)NC(C(=C)N2C[C@@H]3C[C@@H]3C2C(=O)NC(CC(=C)C(N)=O)CC(C)C)C(C)(C)C)CCCCC1.